The van der Waals surface area contributed by atoms with Gasteiger partial charge in [-0.2, -0.15) is 5.26 Å². The highest BCUT2D eigenvalue weighted by atomic mass is 35.5. The molecule has 0 saturated heterocycles. The summed E-state index contributed by atoms with van der Waals surface area (Å²) in [6, 6.07) is 3.38. The lowest BCUT2D eigenvalue weighted by molar-refractivity contribution is 0.453. The van der Waals surface area contributed by atoms with Crippen LogP contribution >= 0.6 is 12.4 Å². The van der Waals surface area contributed by atoms with E-state index in [1.807, 2.05) is 0 Å². The second-order valence-electron chi connectivity index (χ2n) is 2.81. The Labute approximate surface area is 92.7 Å². The first-order chi connectivity index (χ1) is 6.61. The maximum absolute atomic E-state index is 12.9. The molecule has 0 amide bonds. The monoisotopic (exact) mass is 231 g/mol. The van der Waals surface area contributed by atoms with E-state index in [2.05, 4.69) is 0 Å². The average Bonchev–Trinajstić information content (AvgIpc) is 2.18. The minimum absolute atomic E-state index is 0. The van der Waals surface area contributed by atoms with E-state index < -0.39 is 23.2 Å². The van der Waals surface area contributed by atoms with Crippen molar-refractivity contribution in [3.63, 3.8) is 0 Å². The Hall–Kier alpha value is -1.35. The summed E-state index contributed by atoms with van der Waals surface area (Å²) >= 11 is 0. The summed E-state index contributed by atoms with van der Waals surface area (Å²) in [6.45, 7) is 0.115. The second-order valence-corrected chi connectivity index (χ2v) is 2.81. The van der Waals surface area contributed by atoms with Gasteiger partial charge in [0.15, 0.2) is 0 Å². The molecular weight excluding hydrogens is 221 g/mol. The standard InChI is InChI=1S/C9H10FN3O.ClH/c10-7-2-1-5(8(13)4-12)9(14)6(7)3-11;/h1-2,8,14H,4,12-13H2;1H/t8-;/m1./s1. The molecule has 1 rings (SSSR count). The number of aromatic hydroxyl groups is 1. The quantitative estimate of drug-likeness (QED) is 0.701. The first-order valence-corrected chi connectivity index (χ1v) is 3.99. The van der Waals surface area contributed by atoms with Gasteiger partial charge < -0.3 is 16.6 Å². The molecule has 82 valence electrons. The summed E-state index contributed by atoms with van der Waals surface area (Å²) in [4.78, 5) is 0. The Balaban J connectivity index is 0.00000196. The summed E-state index contributed by atoms with van der Waals surface area (Å²) in [7, 11) is 0. The third-order valence-electron chi connectivity index (χ3n) is 1.92. The summed E-state index contributed by atoms with van der Waals surface area (Å²) in [5, 5.41) is 18.0. The van der Waals surface area contributed by atoms with Crippen LogP contribution in [0.25, 0.3) is 0 Å². The maximum Gasteiger partial charge on any atom is 0.144 e. The van der Waals surface area contributed by atoms with E-state index in [1.165, 1.54) is 6.07 Å². The molecule has 1 aromatic rings. The van der Waals surface area contributed by atoms with Crippen LogP contribution in [-0.4, -0.2) is 11.7 Å². The fourth-order valence-electron chi connectivity index (χ4n) is 1.12. The van der Waals surface area contributed by atoms with E-state index in [0.717, 1.165) is 6.07 Å². The van der Waals surface area contributed by atoms with Crippen molar-refractivity contribution in [2.45, 2.75) is 6.04 Å². The molecular formula is C9H11ClFN3O. The van der Waals surface area contributed by atoms with Crippen LogP contribution < -0.4 is 11.5 Å². The molecule has 0 saturated carbocycles. The minimum atomic E-state index is -0.766. The molecule has 1 atom stereocenters. The Bertz CT molecular complexity index is 392. The molecule has 0 aromatic heterocycles. The van der Waals surface area contributed by atoms with E-state index in [0.29, 0.717) is 0 Å². The van der Waals surface area contributed by atoms with Crippen molar-refractivity contribution in [3.8, 4) is 11.8 Å². The molecule has 0 unspecified atom stereocenters. The normalized spacial score (nSPS) is 11.3. The number of hydrogen-bond donors (Lipinski definition) is 3. The zero-order valence-electron chi connectivity index (χ0n) is 7.77. The van der Waals surface area contributed by atoms with Gasteiger partial charge in [0, 0.05) is 18.2 Å². The Morgan fingerprint density at radius 1 is 1.53 bits per heavy atom. The first kappa shape index (κ1) is 13.7. The van der Waals surface area contributed by atoms with Crippen LogP contribution in [0.5, 0.6) is 5.75 Å². The highest BCUT2D eigenvalue weighted by Gasteiger charge is 2.15. The number of rotatable bonds is 2. The van der Waals surface area contributed by atoms with Gasteiger partial charge in [0.25, 0.3) is 0 Å². The molecule has 0 fully saturated rings. The van der Waals surface area contributed by atoms with Crippen molar-refractivity contribution >= 4 is 12.4 Å². The number of hydrogen-bond acceptors (Lipinski definition) is 4. The van der Waals surface area contributed by atoms with E-state index in [9.17, 15) is 9.50 Å². The molecule has 6 heteroatoms. The highest BCUT2D eigenvalue weighted by molar-refractivity contribution is 5.85. The van der Waals surface area contributed by atoms with Gasteiger partial charge in [-0.05, 0) is 6.07 Å². The third kappa shape index (κ3) is 2.57. The SMILES string of the molecule is Cl.N#Cc1c(F)ccc([C@H](N)CN)c1O. The lowest BCUT2D eigenvalue weighted by atomic mass is 10.0. The van der Waals surface area contributed by atoms with Crippen LogP contribution in [0.4, 0.5) is 4.39 Å². The number of phenolic OH excluding ortho intramolecular Hbond substituents is 1. The Morgan fingerprint density at radius 2 is 2.13 bits per heavy atom. The van der Waals surface area contributed by atoms with E-state index >= 15 is 0 Å². The Morgan fingerprint density at radius 3 is 2.60 bits per heavy atom. The third-order valence-corrected chi connectivity index (χ3v) is 1.92. The Kier molecular flexibility index (Phi) is 5.02. The molecule has 15 heavy (non-hydrogen) atoms. The van der Waals surface area contributed by atoms with Crippen LogP contribution in [0, 0.1) is 17.1 Å². The summed E-state index contributed by atoms with van der Waals surface area (Å²) in [6.07, 6.45) is 0. The number of nitriles is 1. The van der Waals surface area contributed by atoms with Gasteiger partial charge in [0.2, 0.25) is 0 Å². The van der Waals surface area contributed by atoms with Gasteiger partial charge >= 0.3 is 0 Å². The van der Waals surface area contributed by atoms with E-state index in [1.54, 1.807) is 6.07 Å². The van der Waals surface area contributed by atoms with Gasteiger partial charge in [-0.25, -0.2) is 4.39 Å². The summed E-state index contributed by atoms with van der Waals surface area (Å²) in [5.41, 5.74) is 10.7. The number of nitrogens with zero attached hydrogens (tertiary/aromatic N) is 1. The zero-order valence-corrected chi connectivity index (χ0v) is 8.59. The highest BCUT2D eigenvalue weighted by Crippen LogP contribution is 2.27. The van der Waals surface area contributed by atoms with E-state index in [-0.39, 0.29) is 24.5 Å². The van der Waals surface area contributed by atoms with Gasteiger partial charge in [-0.15, -0.1) is 12.4 Å². The van der Waals surface area contributed by atoms with Crippen molar-refractivity contribution in [2.75, 3.05) is 6.54 Å². The molecule has 0 aliphatic rings. The predicted molar refractivity (Wildman–Crippen MR) is 56.0 cm³/mol. The number of nitrogens with two attached hydrogens (primary N) is 2. The molecule has 0 aliphatic carbocycles. The summed E-state index contributed by atoms with van der Waals surface area (Å²) < 4.78 is 12.9. The van der Waals surface area contributed by atoms with Crippen LogP contribution in [0.3, 0.4) is 0 Å². The smallest absolute Gasteiger partial charge is 0.144 e. The van der Waals surface area contributed by atoms with Crippen molar-refractivity contribution in [2.24, 2.45) is 11.5 Å². The van der Waals surface area contributed by atoms with Crippen molar-refractivity contribution < 1.29 is 9.50 Å². The van der Waals surface area contributed by atoms with Crippen LogP contribution in [0.15, 0.2) is 12.1 Å². The van der Waals surface area contributed by atoms with Crippen LogP contribution in [0.2, 0.25) is 0 Å². The van der Waals surface area contributed by atoms with Crippen LogP contribution in [0.1, 0.15) is 17.2 Å². The van der Waals surface area contributed by atoms with E-state index in [4.69, 9.17) is 16.7 Å². The fraction of sp³-hybridized carbons (Fsp3) is 0.222. The maximum atomic E-state index is 12.9. The fourth-order valence-corrected chi connectivity index (χ4v) is 1.12. The lowest BCUT2D eigenvalue weighted by Gasteiger charge is -2.11. The number of halogens is 2. The topological polar surface area (TPSA) is 96.1 Å². The van der Waals surface area contributed by atoms with Gasteiger partial charge in [0.05, 0.1) is 0 Å². The van der Waals surface area contributed by atoms with Crippen molar-refractivity contribution in [1.82, 2.24) is 0 Å². The van der Waals surface area contributed by atoms with Gasteiger partial charge in [-0.1, -0.05) is 6.07 Å². The van der Waals surface area contributed by atoms with Crippen molar-refractivity contribution in [1.29, 1.82) is 5.26 Å². The average molecular weight is 232 g/mol. The zero-order chi connectivity index (χ0) is 10.7. The molecule has 1 aromatic carbocycles. The molecule has 0 bridgehead atoms. The lowest BCUT2D eigenvalue weighted by Crippen LogP contribution is -2.21. The van der Waals surface area contributed by atoms with Crippen LogP contribution in [-0.2, 0) is 0 Å². The second kappa shape index (κ2) is 5.51. The first-order valence-electron chi connectivity index (χ1n) is 3.99. The molecule has 0 heterocycles. The summed E-state index contributed by atoms with van der Waals surface area (Å²) in [5.74, 6) is -1.19. The largest absolute Gasteiger partial charge is 0.506 e. The molecule has 5 N–H and O–H groups in total. The molecule has 0 radical (unpaired) electrons. The minimum Gasteiger partial charge on any atom is -0.506 e. The molecule has 0 aliphatic heterocycles. The number of benzene rings is 1. The van der Waals surface area contributed by atoms with Gasteiger partial charge in [0.1, 0.15) is 23.2 Å². The molecule has 4 nitrogen and oxygen atoms in total. The predicted octanol–water partition coefficient (Wildman–Crippen LogP) is 0.783. The molecule has 0 spiro atoms. The number of phenols is 1. The van der Waals surface area contributed by atoms with Crippen molar-refractivity contribution in [3.05, 3.63) is 29.1 Å². The van der Waals surface area contributed by atoms with Gasteiger partial charge in [-0.3, -0.25) is 0 Å².